The van der Waals surface area contributed by atoms with Crippen LogP contribution in [-0.4, -0.2) is 30.3 Å². The van der Waals surface area contributed by atoms with Crippen LogP contribution in [0, 0.1) is 0 Å². The average molecular weight is 468 g/mol. The van der Waals surface area contributed by atoms with Crippen molar-refractivity contribution >= 4 is 28.0 Å². The van der Waals surface area contributed by atoms with Gasteiger partial charge in [0.15, 0.2) is 11.3 Å². The summed E-state index contributed by atoms with van der Waals surface area (Å²) in [5, 5.41) is 12.9. The van der Waals surface area contributed by atoms with Crippen LogP contribution in [0.25, 0.3) is 16.4 Å². The van der Waals surface area contributed by atoms with Crippen molar-refractivity contribution in [3.8, 4) is 0 Å². The van der Waals surface area contributed by atoms with Crippen molar-refractivity contribution in [1.29, 1.82) is 0 Å². The predicted octanol–water partition coefficient (Wildman–Crippen LogP) is 5.25. The first kappa shape index (κ1) is 21.6. The SMILES string of the molecule is O=C(Nc1cnn(Cc2cccc3ccccc23)c1)c1cc2nc(C(F)F)cc(C(F)F)n2n1. The Bertz CT molecular complexity index is 1500. The van der Waals surface area contributed by atoms with E-state index in [1.807, 2.05) is 42.5 Å². The monoisotopic (exact) mass is 468 g/mol. The molecule has 0 spiro atoms. The molecule has 3 heterocycles. The van der Waals surface area contributed by atoms with Gasteiger partial charge in [0.2, 0.25) is 0 Å². The summed E-state index contributed by atoms with van der Waals surface area (Å²) in [6.45, 7) is 0.462. The van der Waals surface area contributed by atoms with Crippen LogP contribution in [0.3, 0.4) is 0 Å². The van der Waals surface area contributed by atoms with E-state index in [9.17, 15) is 22.4 Å². The summed E-state index contributed by atoms with van der Waals surface area (Å²) in [5.74, 6) is -0.714. The van der Waals surface area contributed by atoms with Gasteiger partial charge in [0.25, 0.3) is 18.8 Å². The summed E-state index contributed by atoms with van der Waals surface area (Å²) < 4.78 is 55.0. The van der Waals surface area contributed by atoms with E-state index in [0.717, 1.165) is 22.4 Å². The van der Waals surface area contributed by atoms with Gasteiger partial charge in [0, 0.05) is 12.3 Å². The Labute approximate surface area is 189 Å². The molecule has 7 nitrogen and oxygen atoms in total. The van der Waals surface area contributed by atoms with Crippen LogP contribution in [-0.2, 0) is 6.54 Å². The number of alkyl halides is 4. The smallest absolute Gasteiger partial charge is 0.280 e. The topological polar surface area (TPSA) is 77.1 Å². The number of halogens is 4. The molecule has 5 rings (SSSR count). The van der Waals surface area contributed by atoms with Gasteiger partial charge >= 0.3 is 0 Å². The van der Waals surface area contributed by atoms with Gasteiger partial charge in [0.1, 0.15) is 11.4 Å². The van der Waals surface area contributed by atoms with E-state index in [-0.39, 0.29) is 11.3 Å². The van der Waals surface area contributed by atoms with Crippen molar-refractivity contribution in [1.82, 2.24) is 24.4 Å². The van der Waals surface area contributed by atoms with Gasteiger partial charge in [-0.2, -0.15) is 10.2 Å². The molecular weight excluding hydrogens is 452 g/mol. The van der Waals surface area contributed by atoms with Crippen molar-refractivity contribution in [3.63, 3.8) is 0 Å². The molecule has 1 amide bonds. The number of benzene rings is 2. The average Bonchev–Trinajstić information content (AvgIpc) is 3.45. The number of hydrogen-bond acceptors (Lipinski definition) is 4. The van der Waals surface area contributed by atoms with Crippen LogP contribution in [0.4, 0.5) is 23.2 Å². The lowest BCUT2D eigenvalue weighted by Gasteiger charge is -2.06. The molecule has 3 aromatic heterocycles. The number of carbonyl (C=O) groups excluding carboxylic acids is 1. The van der Waals surface area contributed by atoms with Gasteiger partial charge in [-0.05, 0) is 22.4 Å². The first-order chi connectivity index (χ1) is 16.4. The van der Waals surface area contributed by atoms with E-state index in [0.29, 0.717) is 22.8 Å². The molecular formula is C23H16F4N6O. The Hall–Kier alpha value is -4.28. The molecule has 0 fully saturated rings. The Morgan fingerprint density at radius 2 is 1.79 bits per heavy atom. The quantitative estimate of drug-likeness (QED) is 0.345. The molecule has 0 unspecified atom stereocenters. The molecule has 172 valence electrons. The van der Waals surface area contributed by atoms with Crippen LogP contribution < -0.4 is 5.32 Å². The van der Waals surface area contributed by atoms with Gasteiger partial charge < -0.3 is 5.32 Å². The van der Waals surface area contributed by atoms with Crippen molar-refractivity contribution in [2.75, 3.05) is 5.32 Å². The Morgan fingerprint density at radius 1 is 1.00 bits per heavy atom. The molecule has 0 aliphatic carbocycles. The zero-order valence-corrected chi connectivity index (χ0v) is 17.4. The first-order valence-electron chi connectivity index (χ1n) is 10.2. The summed E-state index contributed by atoms with van der Waals surface area (Å²) in [5.41, 5.74) is -0.711. The summed E-state index contributed by atoms with van der Waals surface area (Å²) in [7, 11) is 0. The van der Waals surface area contributed by atoms with Crippen LogP contribution >= 0.6 is 0 Å². The number of nitrogens with zero attached hydrogens (tertiary/aromatic N) is 5. The summed E-state index contributed by atoms with van der Waals surface area (Å²) >= 11 is 0. The Morgan fingerprint density at radius 3 is 2.59 bits per heavy atom. The first-order valence-corrected chi connectivity index (χ1v) is 10.2. The highest BCUT2D eigenvalue weighted by atomic mass is 19.3. The fraction of sp³-hybridized carbons (Fsp3) is 0.130. The van der Waals surface area contributed by atoms with Crippen LogP contribution in [0.5, 0.6) is 0 Å². The second kappa shape index (κ2) is 8.58. The molecule has 0 saturated carbocycles. The van der Waals surface area contributed by atoms with E-state index in [1.165, 1.54) is 6.20 Å². The number of carbonyl (C=O) groups is 1. The molecule has 0 radical (unpaired) electrons. The molecule has 0 saturated heterocycles. The standard InChI is InChI=1S/C23H16F4N6O/c24-21(25)17-8-19(22(26)27)33-20(30-17)9-18(31-33)23(34)29-15-10-28-32(12-15)11-14-6-3-5-13-4-1-2-7-16(13)14/h1-10,12,21-22H,11H2,(H,29,34). The second-order valence-electron chi connectivity index (χ2n) is 7.53. The maximum absolute atomic E-state index is 13.3. The molecule has 34 heavy (non-hydrogen) atoms. The minimum atomic E-state index is -3.08. The van der Waals surface area contributed by atoms with Gasteiger partial charge in [-0.3, -0.25) is 9.48 Å². The lowest BCUT2D eigenvalue weighted by Crippen LogP contribution is -2.12. The van der Waals surface area contributed by atoms with Crippen LogP contribution in [0.1, 0.15) is 40.3 Å². The largest absolute Gasteiger partial charge is 0.318 e. The van der Waals surface area contributed by atoms with Gasteiger partial charge in [0.05, 0.1) is 18.4 Å². The van der Waals surface area contributed by atoms with Crippen molar-refractivity contribution in [2.45, 2.75) is 19.4 Å². The number of fused-ring (bicyclic) bond motifs is 2. The highest BCUT2D eigenvalue weighted by Crippen LogP contribution is 2.26. The highest BCUT2D eigenvalue weighted by Gasteiger charge is 2.22. The van der Waals surface area contributed by atoms with E-state index in [1.54, 1.807) is 10.9 Å². The maximum Gasteiger partial charge on any atom is 0.280 e. The molecule has 0 atom stereocenters. The number of amides is 1. The zero-order valence-electron chi connectivity index (χ0n) is 17.4. The molecule has 1 N–H and O–H groups in total. The number of nitrogens with one attached hydrogen (secondary N) is 1. The molecule has 2 aromatic carbocycles. The Balaban J connectivity index is 1.37. The summed E-state index contributed by atoms with van der Waals surface area (Å²) in [6.07, 6.45) is -3.06. The third kappa shape index (κ3) is 4.07. The minimum Gasteiger partial charge on any atom is -0.318 e. The molecule has 0 aliphatic rings. The normalized spacial score (nSPS) is 11.7. The van der Waals surface area contributed by atoms with E-state index in [4.69, 9.17) is 0 Å². The predicted molar refractivity (Wildman–Crippen MR) is 116 cm³/mol. The van der Waals surface area contributed by atoms with Gasteiger partial charge in [-0.25, -0.2) is 27.1 Å². The number of anilines is 1. The third-order valence-corrected chi connectivity index (χ3v) is 5.26. The van der Waals surface area contributed by atoms with E-state index < -0.39 is 30.1 Å². The van der Waals surface area contributed by atoms with Crippen LogP contribution in [0.15, 0.2) is 67.0 Å². The Kier molecular flexibility index (Phi) is 5.44. The van der Waals surface area contributed by atoms with Crippen molar-refractivity contribution in [2.24, 2.45) is 0 Å². The lowest BCUT2D eigenvalue weighted by molar-refractivity contribution is 0.102. The lowest BCUT2D eigenvalue weighted by atomic mass is 10.0. The minimum absolute atomic E-state index is 0.248. The molecule has 0 bridgehead atoms. The van der Waals surface area contributed by atoms with Crippen LogP contribution in [0.2, 0.25) is 0 Å². The van der Waals surface area contributed by atoms with Gasteiger partial charge in [-0.1, -0.05) is 42.5 Å². The molecule has 5 aromatic rings. The summed E-state index contributed by atoms with van der Waals surface area (Å²) in [4.78, 5) is 16.3. The molecule has 0 aliphatic heterocycles. The number of rotatable bonds is 6. The molecule has 11 heteroatoms. The van der Waals surface area contributed by atoms with Gasteiger partial charge in [-0.15, -0.1) is 0 Å². The third-order valence-electron chi connectivity index (χ3n) is 5.26. The fourth-order valence-electron chi connectivity index (χ4n) is 3.71. The summed E-state index contributed by atoms with van der Waals surface area (Å²) in [6, 6.07) is 15.6. The fourth-order valence-corrected chi connectivity index (χ4v) is 3.71. The van der Waals surface area contributed by atoms with E-state index in [2.05, 4.69) is 20.5 Å². The maximum atomic E-state index is 13.3. The number of hydrogen-bond donors (Lipinski definition) is 1. The van der Waals surface area contributed by atoms with E-state index >= 15 is 0 Å². The number of aromatic nitrogens is 5. The van der Waals surface area contributed by atoms with Crippen molar-refractivity contribution < 1.29 is 22.4 Å². The zero-order chi connectivity index (χ0) is 23.8. The van der Waals surface area contributed by atoms with Crippen molar-refractivity contribution in [3.05, 3.63) is 89.6 Å². The highest BCUT2D eigenvalue weighted by molar-refractivity contribution is 6.03. The second-order valence-corrected chi connectivity index (χ2v) is 7.53.